The Balaban J connectivity index is 1.67. The molecule has 10 heteroatoms. The zero-order valence-corrected chi connectivity index (χ0v) is 19.4. The summed E-state index contributed by atoms with van der Waals surface area (Å²) in [6.07, 6.45) is 4.53. The van der Waals surface area contributed by atoms with E-state index in [4.69, 9.17) is 4.98 Å². The fraction of sp³-hybridized carbons (Fsp3) is 0.409. The number of rotatable bonds is 6. The van der Waals surface area contributed by atoms with E-state index < -0.39 is 5.97 Å². The number of fused-ring (bicyclic) bond motifs is 1. The van der Waals surface area contributed by atoms with Crippen molar-refractivity contribution in [1.29, 1.82) is 5.26 Å². The minimum Gasteiger partial charge on any atom is -0.481 e. The molecule has 166 valence electrons. The Kier molecular flexibility index (Phi) is 6.28. The van der Waals surface area contributed by atoms with Gasteiger partial charge in [0, 0.05) is 22.2 Å². The number of benzene rings is 1. The molecule has 0 amide bonds. The third-order valence-corrected chi connectivity index (χ3v) is 6.13. The highest BCUT2D eigenvalue weighted by Gasteiger charge is 2.26. The summed E-state index contributed by atoms with van der Waals surface area (Å²) in [4.78, 5) is 25.2. The van der Waals surface area contributed by atoms with Crippen molar-refractivity contribution in [3.8, 4) is 6.07 Å². The number of aliphatic carboxylic acids is 1. The molecule has 1 aromatic carbocycles. The molecule has 0 aliphatic heterocycles. The molecule has 1 aliphatic rings. The Hall–Kier alpha value is -3.19. The molecule has 0 radical (unpaired) electrons. The van der Waals surface area contributed by atoms with Gasteiger partial charge in [-0.15, -0.1) is 0 Å². The van der Waals surface area contributed by atoms with Crippen molar-refractivity contribution in [2.24, 2.45) is 5.92 Å². The number of hydrogen-bond donors (Lipinski definition) is 3. The van der Waals surface area contributed by atoms with Crippen LogP contribution in [0.5, 0.6) is 0 Å². The fourth-order valence-electron chi connectivity index (χ4n) is 3.98. The standard InChI is InChI=1S/C22H24BrN7O2/c1-12(2)30-11-25-18-19(26-17-8-13(10-24)7-15(23)9-17)28-22(29-20(18)30)27-16-5-3-14(4-6-16)21(31)32/h7-9,11-12,14,16H,3-6H2,1-2H3,(H,31,32)(H2,26,27,28,29). The van der Waals surface area contributed by atoms with Crippen molar-refractivity contribution in [2.75, 3.05) is 10.6 Å². The third-order valence-electron chi connectivity index (χ3n) is 5.68. The number of nitrogens with zero attached hydrogens (tertiary/aromatic N) is 5. The Morgan fingerprint density at radius 3 is 2.66 bits per heavy atom. The van der Waals surface area contributed by atoms with Gasteiger partial charge < -0.3 is 20.3 Å². The summed E-state index contributed by atoms with van der Waals surface area (Å²) in [6, 6.07) is 7.79. The van der Waals surface area contributed by atoms with Gasteiger partial charge in [0.2, 0.25) is 5.95 Å². The van der Waals surface area contributed by atoms with Gasteiger partial charge >= 0.3 is 5.97 Å². The molecule has 4 rings (SSSR count). The first-order chi connectivity index (χ1) is 15.3. The molecule has 1 saturated carbocycles. The van der Waals surface area contributed by atoms with Gasteiger partial charge in [-0.3, -0.25) is 4.79 Å². The number of nitrogens with one attached hydrogen (secondary N) is 2. The van der Waals surface area contributed by atoms with Crippen LogP contribution in [0.4, 0.5) is 17.5 Å². The van der Waals surface area contributed by atoms with Crippen LogP contribution in [0, 0.1) is 17.2 Å². The summed E-state index contributed by atoms with van der Waals surface area (Å²) < 4.78 is 2.77. The zero-order valence-electron chi connectivity index (χ0n) is 17.8. The van der Waals surface area contributed by atoms with Gasteiger partial charge in [0.1, 0.15) is 0 Å². The molecule has 2 heterocycles. The molecule has 1 fully saturated rings. The summed E-state index contributed by atoms with van der Waals surface area (Å²) in [5.74, 6) is 0.0101. The van der Waals surface area contributed by atoms with E-state index >= 15 is 0 Å². The lowest BCUT2D eigenvalue weighted by atomic mass is 9.86. The first kappa shape index (κ1) is 22.0. The summed E-state index contributed by atoms with van der Waals surface area (Å²) in [5.41, 5.74) is 2.57. The van der Waals surface area contributed by atoms with Crippen molar-refractivity contribution >= 4 is 50.5 Å². The lowest BCUT2D eigenvalue weighted by molar-refractivity contribution is -0.142. The monoisotopic (exact) mass is 497 g/mol. The number of aromatic nitrogens is 4. The Bertz CT molecular complexity index is 1190. The molecule has 9 nitrogen and oxygen atoms in total. The predicted octanol–water partition coefficient (Wildman–Crippen LogP) is 4.84. The molecule has 0 unspecified atom stereocenters. The minimum atomic E-state index is -0.723. The van der Waals surface area contributed by atoms with Gasteiger partial charge in [0.25, 0.3) is 0 Å². The summed E-state index contributed by atoms with van der Waals surface area (Å²) in [6.45, 7) is 4.12. The molecular formula is C22H24BrN7O2. The lowest BCUT2D eigenvalue weighted by Gasteiger charge is -2.27. The molecule has 3 N–H and O–H groups in total. The van der Waals surface area contributed by atoms with E-state index in [-0.39, 0.29) is 18.0 Å². The largest absolute Gasteiger partial charge is 0.481 e. The summed E-state index contributed by atoms with van der Waals surface area (Å²) >= 11 is 3.44. The number of carboxylic acids is 1. The molecular weight excluding hydrogens is 474 g/mol. The first-order valence-corrected chi connectivity index (χ1v) is 11.3. The zero-order chi connectivity index (χ0) is 22.8. The van der Waals surface area contributed by atoms with E-state index in [1.54, 1.807) is 18.5 Å². The summed E-state index contributed by atoms with van der Waals surface area (Å²) in [7, 11) is 0. The average molecular weight is 498 g/mol. The van der Waals surface area contributed by atoms with Crippen molar-refractivity contribution in [2.45, 2.75) is 51.6 Å². The molecule has 3 aromatic rings. The van der Waals surface area contributed by atoms with Gasteiger partial charge in [-0.05, 0) is 57.7 Å². The van der Waals surface area contributed by atoms with Crippen molar-refractivity contribution in [3.63, 3.8) is 0 Å². The highest BCUT2D eigenvalue weighted by atomic mass is 79.9. The fourth-order valence-corrected chi connectivity index (χ4v) is 4.47. The van der Waals surface area contributed by atoms with Crippen LogP contribution in [-0.4, -0.2) is 36.6 Å². The molecule has 2 aromatic heterocycles. The predicted molar refractivity (Wildman–Crippen MR) is 125 cm³/mol. The smallest absolute Gasteiger partial charge is 0.306 e. The van der Waals surface area contributed by atoms with E-state index in [0.29, 0.717) is 47.0 Å². The van der Waals surface area contributed by atoms with Crippen LogP contribution in [0.15, 0.2) is 29.0 Å². The normalized spacial score (nSPS) is 18.5. The van der Waals surface area contributed by atoms with Gasteiger partial charge in [-0.25, -0.2) is 4.98 Å². The van der Waals surface area contributed by atoms with Crippen LogP contribution in [0.3, 0.4) is 0 Å². The van der Waals surface area contributed by atoms with E-state index in [0.717, 1.165) is 17.3 Å². The molecule has 1 aliphatic carbocycles. The van der Waals surface area contributed by atoms with E-state index in [9.17, 15) is 15.2 Å². The van der Waals surface area contributed by atoms with Gasteiger partial charge in [-0.1, -0.05) is 15.9 Å². The maximum atomic E-state index is 11.2. The minimum absolute atomic E-state index is 0.113. The van der Waals surface area contributed by atoms with Crippen LogP contribution in [0.25, 0.3) is 11.2 Å². The molecule has 0 atom stereocenters. The van der Waals surface area contributed by atoms with Crippen LogP contribution < -0.4 is 10.6 Å². The molecule has 0 spiro atoms. The second-order valence-electron chi connectivity index (χ2n) is 8.31. The van der Waals surface area contributed by atoms with Crippen LogP contribution in [0.1, 0.15) is 51.1 Å². The molecule has 32 heavy (non-hydrogen) atoms. The average Bonchev–Trinajstić information content (AvgIpc) is 3.18. The van der Waals surface area contributed by atoms with E-state index in [1.807, 2.05) is 10.6 Å². The number of imidazole rings is 1. The SMILES string of the molecule is CC(C)n1cnc2c(Nc3cc(Br)cc(C#N)c3)nc(NC3CCC(C(=O)O)CC3)nc21. The third kappa shape index (κ3) is 4.67. The number of anilines is 3. The van der Waals surface area contributed by atoms with Crippen molar-refractivity contribution in [1.82, 2.24) is 19.5 Å². The maximum Gasteiger partial charge on any atom is 0.306 e. The van der Waals surface area contributed by atoms with Crippen LogP contribution >= 0.6 is 15.9 Å². The second kappa shape index (κ2) is 9.12. The van der Waals surface area contributed by atoms with Gasteiger partial charge in [0.15, 0.2) is 17.0 Å². The maximum absolute atomic E-state index is 11.2. The second-order valence-corrected chi connectivity index (χ2v) is 9.23. The number of halogens is 1. The Morgan fingerprint density at radius 2 is 2.00 bits per heavy atom. The Morgan fingerprint density at radius 1 is 1.25 bits per heavy atom. The van der Waals surface area contributed by atoms with Gasteiger partial charge in [0.05, 0.1) is 23.9 Å². The van der Waals surface area contributed by atoms with E-state index in [2.05, 4.69) is 56.4 Å². The number of carbonyl (C=O) groups is 1. The number of nitriles is 1. The highest BCUT2D eigenvalue weighted by molar-refractivity contribution is 9.10. The van der Waals surface area contributed by atoms with Crippen LogP contribution in [-0.2, 0) is 4.79 Å². The lowest BCUT2D eigenvalue weighted by Crippen LogP contribution is -2.30. The van der Waals surface area contributed by atoms with Gasteiger partial charge in [-0.2, -0.15) is 15.2 Å². The first-order valence-electron chi connectivity index (χ1n) is 10.6. The van der Waals surface area contributed by atoms with E-state index in [1.165, 1.54) is 0 Å². The topological polar surface area (TPSA) is 129 Å². The number of carboxylic acid groups (broad SMARTS) is 1. The Labute approximate surface area is 194 Å². The number of hydrogen-bond acceptors (Lipinski definition) is 7. The summed E-state index contributed by atoms with van der Waals surface area (Å²) in [5, 5.41) is 25.2. The quantitative estimate of drug-likeness (QED) is 0.441. The van der Waals surface area contributed by atoms with Crippen molar-refractivity contribution in [3.05, 3.63) is 34.6 Å². The molecule has 0 saturated heterocycles. The van der Waals surface area contributed by atoms with Crippen molar-refractivity contribution < 1.29 is 9.90 Å². The van der Waals surface area contributed by atoms with Crippen LogP contribution in [0.2, 0.25) is 0 Å². The molecule has 0 bridgehead atoms. The highest BCUT2D eigenvalue weighted by Crippen LogP contribution is 2.30.